The van der Waals surface area contributed by atoms with Gasteiger partial charge in [-0.2, -0.15) is 0 Å². The predicted molar refractivity (Wildman–Crippen MR) is 204 cm³/mol. The Morgan fingerprint density at radius 1 is 1.00 bits per heavy atom. The van der Waals surface area contributed by atoms with Crippen LogP contribution >= 0.6 is 0 Å². The third-order valence-electron chi connectivity index (χ3n) is 9.23. The van der Waals surface area contributed by atoms with Crippen molar-refractivity contribution in [3.8, 4) is 0 Å². The maximum Gasteiger partial charge on any atom is 0.129 e. The number of nitrogens with one attached hydrogen (secondary N) is 1. The van der Waals surface area contributed by atoms with E-state index < -0.39 is 0 Å². The van der Waals surface area contributed by atoms with Gasteiger partial charge in [0.15, 0.2) is 0 Å². The van der Waals surface area contributed by atoms with Crippen molar-refractivity contribution in [1.29, 1.82) is 0 Å². The largest absolute Gasteiger partial charge is 0.405 e. The van der Waals surface area contributed by atoms with E-state index in [1.54, 1.807) is 0 Å². The van der Waals surface area contributed by atoms with Gasteiger partial charge in [-0.3, -0.25) is 4.98 Å². The lowest BCUT2D eigenvalue weighted by Gasteiger charge is -2.32. The Kier molecular flexibility index (Phi) is 18.3. The van der Waals surface area contributed by atoms with Gasteiger partial charge in [-0.05, 0) is 99.6 Å². The Bertz CT molecular complexity index is 1200. The van der Waals surface area contributed by atoms with Crippen molar-refractivity contribution < 1.29 is 0 Å². The van der Waals surface area contributed by atoms with E-state index in [4.69, 9.17) is 9.97 Å². The van der Waals surface area contributed by atoms with Gasteiger partial charge < -0.3 is 20.9 Å². The smallest absolute Gasteiger partial charge is 0.129 e. The molecule has 2 aliphatic rings. The average molecular weight is 645 g/mol. The summed E-state index contributed by atoms with van der Waals surface area (Å²) >= 11 is 0. The van der Waals surface area contributed by atoms with Crippen LogP contribution in [0.1, 0.15) is 134 Å². The van der Waals surface area contributed by atoms with Gasteiger partial charge in [-0.15, -0.1) is 6.58 Å². The van der Waals surface area contributed by atoms with E-state index >= 15 is 0 Å². The van der Waals surface area contributed by atoms with E-state index in [0.29, 0.717) is 5.41 Å². The van der Waals surface area contributed by atoms with Crippen LogP contribution in [0.5, 0.6) is 0 Å². The van der Waals surface area contributed by atoms with Gasteiger partial charge in [0.05, 0.1) is 11.9 Å². The van der Waals surface area contributed by atoms with Crippen LogP contribution < -0.4 is 11.1 Å². The second-order valence-electron chi connectivity index (χ2n) is 14.2. The molecular formula is C41H68N6. The molecule has 2 aromatic heterocycles. The Labute approximate surface area is 289 Å². The van der Waals surface area contributed by atoms with Crippen LogP contribution in [0.15, 0.2) is 67.8 Å². The Balaban J connectivity index is 0.00000100. The van der Waals surface area contributed by atoms with Crippen LogP contribution in [0.25, 0.3) is 0 Å². The highest BCUT2D eigenvalue weighted by atomic mass is 15.4. The number of hydrogen-bond acceptors (Lipinski definition) is 6. The molecule has 4 rings (SSSR count). The number of fused-ring (bicyclic) bond motifs is 1. The number of unbranched alkanes of at least 4 members (excludes halogenated alkanes) is 2. The van der Waals surface area contributed by atoms with E-state index in [1.807, 2.05) is 0 Å². The second-order valence-corrected chi connectivity index (χ2v) is 14.2. The molecule has 1 saturated heterocycles. The first-order valence-electron chi connectivity index (χ1n) is 18.4. The molecule has 0 spiro atoms. The van der Waals surface area contributed by atoms with Crippen LogP contribution in [-0.2, 0) is 19.3 Å². The molecule has 0 unspecified atom stereocenters. The van der Waals surface area contributed by atoms with Gasteiger partial charge in [0.1, 0.15) is 5.82 Å². The molecule has 0 bridgehead atoms. The highest BCUT2D eigenvalue weighted by molar-refractivity contribution is 5.47. The molecule has 1 fully saturated rings. The van der Waals surface area contributed by atoms with Crippen molar-refractivity contribution in [1.82, 2.24) is 19.8 Å². The van der Waals surface area contributed by atoms with E-state index in [9.17, 15) is 0 Å². The molecule has 3 N–H and O–H groups in total. The zero-order valence-electron chi connectivity index (χ0n) is 31.0. The number of rotatable bonds is 16. The molecule has 2 aromatic rings. The first-order valence-corrected chi connectivity index (χ1v) is 18.4. The lowest BCUT2D eigenvalue weighted by Crippen LogP contribution is -2.27. The maximum atomic E-state index is 4.89. The standard InChI is InChI=1S/C35H53N5.C4H10.C2H5N/c1-7-19-35(5,6)20-9-8-13-31-17-16-30(26-37-31)33(25-27(2)3)40-24-23-39(28(40)4)22-11-14-32-18-15-29-12-10-21-36-34(29)38-32;1-3-4-2;1-2-3/h15-18,26,33H,2,4,7-14,19-25H2,1,3,5-6H3,(H,36,38);3-4H2,1-2H3;2H,1,3H2/t33-;;/m0../s1. The van der Waals surface area contributed by atoms with Crippen molar-refractivity contribution >= 4 is 5.82 Å². The number of anilines is 1. The molecule has 0 saturated carbocycles. The summed E-state index contributed by atoms with van der Waals surface area (Å²) in [5, 5.41) is 3.46. The highest BCUT2D eigenvalue weighted by Gasteiger charge is 2.30. The van der Waals surface area contributed by atoms with Crippen LogP contribution in [0, 0.1) is 5.41 Å². The minimum atomic E-state index is 0.236. The van der Waals surface area contributed by atoms with E-state index in [2.05, 4.69) is 113 Å². The molecule has 1 atom stereocenters. The van der Waals surface area contributed by atoms with Gasteiger partial charge in [-0.1, -0.05) is 91.2 Å². The summed E-state index contributed by atoms with van der Waals surface area (Å²) in [6.45, 7) is 29.6. The zero-order chi connectivity index (χ0) is 34.7. The first kappa shape index (κ1) is 39.9. The molecule has 0 amide bonds. The fraction of sp³-hybridized carbons (Fsp3) is 0.610. The van der Waals surface area contributed by atoms with Gasteiger partial charge in [-0.25, -0.2) is 4.98 Å². The lowest BCUT2D eigenvalue weighted by atomic mass is 9.83. The molecule has 47 heavy (non-hydrogen) atoms. The number of hydrogen-bond donors (Lipinski definition) is 2. The molecule has 0 aliphatic carbocycles. The average Bonchev–Trinajstić information content (AvgIpc) is 3.42. The summed E-state index contributed by atoms with van der Waals surface area (Å²) in [6, 6.07) is 9.25. The summed E-state index contributed by atoms with van der Waals surface area (Å²) in [7, 11) is 0. The summed E-state index contributed by atoms with van der Waals surface area (Å²) < 4.78 is 0. The number of pyridine rings is 2. The van der Waals surface area contributed by atoms with Crippen molar-refractivity contribution in [3.63, 3.8) is 0 Å². The van der Waals surface area contributed by atoms with Crippen molar-refractivity contribution in [2.45, 2.75) is 131 Å². The number of nitrogens with zero attached hydrogens (tertiary/aromatic N) is 4. The van der Waals surface area contributed by atoms with Crippen LogP contribution in [-0.4, -0.2) is 45.9 Å². The number of aromatic nitrogens is 2. The minimum absolute atomic E-state index is 0.236. The third kappa shape index (κ3) is 14.2. The quantitative estimate of drug-likeness (QED) is 0.140. The molecule has 6 heteroatoms. The van der Waals surface area contributed by atoms with Gasteiger partial charge in [0.2, 0.25) is 0 Å². The van der Waals surface area contributed by atoms with Gasteiger partial charge in [0, 0.05) is 43.8 Å². The topological polar surface area (TPSA) is 70.3 Å². The van der Waals surface area contributed by atoms with E-state index in [0.717, 1.165) is 69.9 Å². The fourth-order valence-electron chi connectivity index (χ4n) is 6.43. The monoisotopic (exact) mass is 645 g/mol. The van der Waals surface area contributed by atoms with Crippen molar-refractivity contribution in [3.05, 3.63) is 90.3 Å². The predicted octanol–water partition coefficient (Wildman–Crippen LogP) is 10.00. The van der Waals surface area contributed by atoms with Crippen LogP contribution in [0.3, 0.4) is 0 Å². The summed E-state index contributed by atoms with van der Waals surface area (Å²) in [5.74, 6) is 2.23. The maximum absolute atomic E-state index is 4.89. The normalized spacial score (nSPS) is 14.6. The Morgan fingerprint density at radius 2 is 1.70 bits per heavy atom. The van der Waals surface area contributed by atoms with Crippen LogP contribution in [0.4, 0.5) is 5.82 Å². The Morgan fingerprint density at radius 3 is 2.34 bits per heavy atom. The lowest BCUT2D eigenvalue weighted by molar-refractivity contribution is 0.264. The van der Waals surface area contributed by atoms with E-state index in [1.165, 1.54) is 85.7 Å². The summed E-state index contributed by atoms with van der Waals surface area (Å²) in [4.78, 5) is 14.7. The number of nitrogens with two attached hydrogens (primary N) is 1. The SMILES string of the molecule is C=C(C)C[C@@H](c1ccc(CCCCC(C)(C)CCC)nc1)N1CCN(CCCc2ccc3c(n2)NCCC3)C1=C.C=CN.CCCC. The zero-order valence-corrected chi connectivity index (χ0v) is 31.0. The molecule has 0 aromatic carbocycles. The highest BCUT2D eigenvalue weighted by Crippen LogP contribution is 2.34. The first-order chi connectivity index (χ1) is 22.6. The molecule has 0 radical (unpaired) electrons. The molecule has 262 valence electrons. The van der Waals surface area contributed by atoms with E-state index in [-0.39, 0.29) is 6.04 Å². The fourth-order valence-corrected chi connectivity index (χ4v) is 6.43. The summed E-state index contributed by atoms with van der Waals surface area (Å²) in [5.41, 5.74) is 11.3. The second kappa shape index (κ2) is 21.6. The Hall–Kier alpha value is -3.28. The minimum Gasteiger partial charge on any atom is -0.405 e. The molecular weight excluding hydrogens is 576 g/mol. The third-order valence-corrected chi connectivity index (χ3v) is 9.23. The van der Waals surface area contributed by atoms with Gasteiger partial charge in [0.25, 0.3) is 0 Å². The molecule has 6 nitrogen and oxygen atoms in total. The number of aryl methyl sites for hydroxylation is 3. The van der Waals surface area contributed by atoms with Crippen molar-refractivity contribution in [2.75, 3.05) is 31.5 Å². The molecule has 4 heterocycles. The molecule has 2 aliphatic heterocycles. The van der Waals surface area contributed by atoms with Crippen molar-refractivity contribution in [2.24, 2.45) is 11.1 Å². The van der Waals surface area contributed by atoms with Crippen LogP contribution in [0.2, 0.25) is 0 Å². The summed E-state index contributed by atoms with van der Waals surface area (Å²) in [6.07, 6.45) is 18.8. The van der Waals surface area contributed by atoms with Gasteiger partial charge >= 0.3 is 0 Å².